The first-order chi connectivity index (χ1) is 11.5. The van der Waals surface area contributed by atoms with Crippen LogP contribution in [0, 0.1) is 29.1 Å². The van der Waals surface area contributed by atoms with Gasteiger partial charge in [-0.2, -0.15) is 5.10 Å². The van der Waals surface area contributed by atoms with Crippen molar-refractivity contribution in [3.05, 3.63) is 65.0 Å². The van der Waals surface area contributed by atoms with Gasteiger partial charge in [0.15, 0.2) is 23.3 Å². The van der Waals surface area contributed by atoms with Gasteiger partial charge in [-0.3, -0.25) is 5.43 Å². The van der Waals surface area contributed by atoms with E-state index in [0.29, 0.717) is 11.3 Å². The number of nitrogens with zero attached hydrogens (tertiary/aromatic N) is 1. The van der Waals surface area contributed by atoms with Gasteiger partial charge < -0.3 is 4.74 Å². The van der Waals surface area contributed by atoms with Crippen LogP contribution in [0.2, 0.25) is 0 Å². The predicted molar refractivity (Wildman–Crippen MR) is 80.4 cm³/mol. The van der Waals surface area contributed by atoms with Gasteiger partial charge in [-0.1, -0.05) is 18.2 Å². The molecular weight excluding hydrogens is 331 g/mol. The number of allylic oxidation sites excluding steroid dienone is 1. The van der Waals surface area contributed by atoms with Crippen LogP contribution in [0.5, 0.6) is 5.75 Å². The molecule has 0 radical (unpaired) electrons. The zero-order chi connectivity index (χ0) is 17.7. The average molecular weight is 342 g/mol. The molecule has 0 aliphatic rings. The largest absolute Gasteiger partial charge is 0.496 e. The number of rotatable bonds is 5. The maximum absolute atomic E-state index is 13.4. The number of ether oxygens (including phenoxy) is 1. The summed E-state index contributed by atoms with van der Waals surface area (Å²) in [7, 11) is 1.49. The molecule has 0 heterocycles. The molecule has 0 aliphatic heterocycles. The lowest BCUT2D eigenvalue weighted by Crippen LogP contribution is -2.06. The van der Waals surface area contributed by atoms with E-state index >= 15 is 0 Å². The molecule has 8 heteroatoms. The number of hydrogen-bond acceptors (Lipinski definition) is 3. The van der Waals surface area contributed by atoms with E-state index in [9.17, 15) is 22.0 Å². The molecule has 0 aromatic heterocycles. The number of para-hydroxylation sites is 1. The summed E-state index contributed by atoms with van der Waals surface area (Å²) in [6.45, 7) is 0. The lowest BCUT2D eigenvalue weighted by molar-refractivity contribution is 0.381. The Morgan fingerprint density at radius 1 is 0.917 bits per heavy atom. The summed E-state index contributed by atoms with van der Waals surface area (Å²) in [5.74, 6) is -9.70. The zero-order valence-corrected chi connectivity index (χ0v) is 12.3. The molecule has 2 rings (SSSR count). The molecule has 0 aliphatic carbocycles. The molecule has 0 unspecified atom stereocenters. The Morgan fingerprint density at radius 3 is 2.12 bits per heavy atom. The summed E-state index contributed by atoms with van der Waals surface area (Å²) in [4.78, 5) is 0. The van der Waals surface area contributed by atoms with E-state index in [0.717, 1.165) is 6.21 Å². The highest BCUT2D eigenvalue weighted by atomic mass is 19.2. The number of hydrazone groups is 1. The van der Waals surface area contributed by atoms with Crippen molar-refractivity contribution in [1.29, 1.82) is 0 Å². The highest BCUT2D eigenvalue weighted by Gasteiger charge is 2.25. The van der Waals surface area contributed by atoms with Crippen molar-refractivity contribution >= 4 is 18.0 Å². The fraction of sp³-hybridized carbons (Fsp3) is 0.0625. The number of benzene rings is 2. The van der Waals surface area contributed by atoms with E-state index in [1.54, 1.807) is 35.8 Å². The Bertz CT molecular complexity index is 776. The maximum Gasteiger partial charge on any atom is 0.200 e. The quantitative estimate of drug-likeness (QED) is 0.285. The summed E-state index contributed by atoms with van der Waals surface area (Å²) in [5, 5.41) is 3.41. The molecule has 3 nitrogen and oxygen atoms in total. The monoisotopic (exact) mass is 342 g/mol. The zero-order valence-electron chi connectivity index (χ0n) is 12.3. The molecule has 2 aromatic rings. The van der Waals surface area contributed by atoms with E-state index in [1.807, 2.05) is 0 Å². The molecule has 0 saturated heterocycles. The lowest BCUT2D eigenvalue weighted by atomic mass is 10.2. The standard InChI is InChI=1S/C16H11F5N2O/c1-24-10-7-3-2-5-9(10)6-4-8-22-23-16-14(20)12(18)11(17)13(19)15(16)21/h2-8,23H,1H3/b6-4+,22-8-. The molecule has 126 valence electrons. The van der Waals surface area contributed by atoms with Gasteiger partial charge in [-0.15, -0.1) is 0 Å². The fourth-order valence-electron chi connectivity index (χ4n) is 1.80. The van der Waals surface area contributed by atoms with E-state index in [2.05, 4.69) is 5.10 Å². The van der Waals surface area contributed by atoms with Crippen molar-refractivity contribution in [3.63, 3.8) is 0 Å². The van der Waals surface area contributed by atoms with Crippen LogP contribution in [0.25, 0.3) is 6.08 Å². The van der Waals surface area contributed by atoms with Gasteiger partial charge in [0.25, 0.3) is 0 Å². The first-order valence-electron chi connectivity index (χ1n) is 6.57. The van der Waals surface area contributed by atoms with Crippen LogP contribution >= 0.6 is 0 Å². The Hall–Kier alpha value is -2.90. The van der Waals surface area contributed by atoms with Crippen LogP contribution in [0.4, 0.5) is 27.6 Å². The van der Waals surface area contributed by atoms with E-state index in [1.165, 1.54) is 13.2 Å². The van der Waals surface area contributed by atoms with Gasteiger partial charge in [0.1, 0.15) is 11.4 Å². The summed E-state index contributed by atoms with van der Waals surface area (Å²) in [6.07, 6.45) is 4.07. The molecule has 0 fully saturated rings. The Labute approximate surface area is 134 Å². The number of anilines is 1. The van der Waals surface area contributed by atoms with Crippen LogP contribution in [0.1, 0.15) is 5.56 Å². The van der Waals surface area contributed by atoms with E-state index in [-0.39, 0.29) is 0 Å². The highest BCUT2D eigenvalue weighted by molar-refractivity contribution is 5.79. The average Bonchev–Trinajstić information content (AvgIpc) is 2.61. The van der Waals surface area contributed by atoms with Gasteiger partial charge >= 0.3 is 0 Å². The van der Waals surface area contributed by atoms with E-state index in [4.69, 9.17) is 4.74 Å². The van der Waals surface area contributed by atoms with Gasteiger partial charge in [0.2, 0.25) is 5.82 Å². The molecule has 0 amide bonds. The molecule has 0 bridgehead atoms. The maximum atomic E-state index is 13.4. The Balaban J connectivity index is 2.14. The number of halogens is 5. The van der Waals surface area contributed by atoms with Gasteiger partial charge in [0.05, 0.1) is 7.11 Å². The summed E-state index contributed by atoms with van der Waals surface area (Å²) in [5.41, 5.74) is 1.28. The van der Waals surface area contributed by atoms with Crippen molar-refractivity contribution in [2.45, 2.75) is 0 Å². The molecular formula is C16H11F5N2O. The minimum absolute atomic E-state index is 0.592. The van der Waals surface area contributed by atoms with Crippen molar-refractivity contribution in [2.24, 2.45) is 5.10 Å². The second-order valence-electron chi connectivity index (χ2n) is 4.44. The van der Waals surface area contributed by atoms with E-state index < -0.39 is 34.8 Å². The second-order valence-corrected chi connectivity index (χ2v) is 4.44. The number of hydrogen-bond donors (Lipinski definition) is 1. The first-order valence-corrected chi connectivity index (χ1v) is 6.57. The fourth-order valence-corrected chi connectivity index (χ4v) is 1.80. The summed E-state index contributed by atoms with van der Waals surface area (Å²) < 4.78 is 70.8. The van der Waals surface area contributed by atoms with Crippen LogP contribution < -0.4 is 10.2 Å². The van der Waals surface area contributed by atoms with Crippen molar-refractivity contribution < 1.29 is 26.7 Å². The molecule has 0 saturated carbocycles. The van der Waals surface area contributed by atoms with Gasteiger partial charge in [-0.25, -0.2) is 22.0 Å². The smallest absolute Gasteiger partial charge is 0.200 e. The third kappa shape index (κ3) is 3.53. The highest BCUT2D eigenvalue weighted by Crippen LogP contribution is 2.27. The van der Waals surface area contributed by atoms with Crippen molar-refractivity contribution in [2.75, 3.05) is 12.5 Å². The predicted octanol–water partition coefficient (Wildman–Crippen LogP) is 4.50. The molecule has 2 aromatic carbocycles. The summed E-state index contributed by atoms with van der Waals surface area (Å²) >= 11 is 0. The van der Waals surface area contributed by atoms with Crippen molar-refractivity contribution in [1.82, 2.24) is 0 Å². The number of methoxy groups -OCH3 is 1. The van der Waals surface area contributed by atoms with Crippen LogP contribution in [-0.4, -0.2) is 13.3 Å². The number of nitrogens with one attached hydrogen (secondary N) is 1. The Kier molecular flexibility index (Phi) is 5.51. The van der Waals surface area contributed by atoms with Gasteiger partial charge in [-0.05, 0) is 18.2 Å². The topological polar surface area (TPSA) is 33.6 Å². The minimum Gasteiger partial charge on any atom is -0.496 e. The first kappa shape index (κ1) is 17.5. The molecule has 0 spiro atoms. The molecule has 0 atom stereocenters. The third-order valence-corrected chi connectivity index (χ3v) is 2.96. The van der Waals surface area contributed by atoms with Crippen molar-refractivity contribution in [3.8, 4) is 5.75 Å². The summed E-state index contributed by atoms with van der Waals surface area (Å²) in [6, 6.07) is 7.02. The van der Waals surface area contributed by atoms with Crippen LogP contribution in [0.3, 0.4) is 0 Å². The second kappa shape index (κ2) is 7.58. The lowest BCUT2D eigenvalue weighted by Gasteiger charge is -2.06. The van der Waals surface area contributed by atoms with Crippen LogP contribution in [-0.2, 0) is 0 Å². The van der Waals surface area contributed by atoms with Gasteiger partial charge in [0, 0.05) is 11.8 Å². The SMILES string of the molecule is COc1ccccc1/C=C/C=N\Nc1c(F)c(F)c(F)c(F)c1F. The third-order valence-electron chi connectivity index (χ3n) is 2.96. The molecule has 24 heavy (non-hydrogen) atoms. The molecule has 1 N–H and O–H groups in total. The van der Waals surface area contributed by atoms with Crippen LogP contribution in [0.15, 0.2) is 35.4 Å². The Morgan fingerprint density at radius 2 is 1.50 bits per heavy atom. The normalized spacial score (nSPS) is 11.4. The minimum atomic E-state index is -2.23.